The van der Waals surface area contributed by atoms with Gasteiger partial charge in [-0.1, -0.05) is 17.7 Å². The predicted octanol–water partition coefficient (Wildman–Crippen LogP) is 4.00. The quantitative estimate of drug-likeness (QED) is 0.876. The van der Waals surface area contributed by atoms with Gasteiger partial charge in [0, 0.05) is 15.6 Å². The number of carbonyl (C=O) groups excluding carboxylic acids is 1. The van der Waals surface area contributed by atoms with Crippen molar-refractivity contribution in [3.63, 3.8) is 0 Å². The lowest BCUT2D eigenvalue weighted by Crippen LogP contribution is -2.31. The Kier molecular flexibility index (Phi) is 5.04. The van der Waals surface area contributed by atoms with Gasteiger partial charge in [-0.05, 0) is 49.1 Å². The lowest BCUT2D eigenvalue weighted by Gasteiger charge is -2.14. The molecule has 0 saturated heterocycles. The molecule has 1 heterocycles. The van der Waals surface area contributed by atoms with E-state index in [9.17, 15) is 4.79 Å². The van der Waals surface area contributed by atoms with E-state index in [-0.39, 0.29) is 18.5 Å². The number of amides is 1. The second kappa shape index (κ2) is 6.77. The standard InChI is InChI=1S/C15H17ClN2OS/c1-10-8-12(16)5-6-13(10)17-9-15(19)18-11(2)14-4-3-7-20-14/h3-8,11,17H,9H2,1-2H3,(H,18,19). The number of hydrogen-bond acceptors (Lipinski definition) is 3. The minimum Gasteiger partial charge on any atom is -0.376 e. The average molecular weight is 309 g/mol. The van der Waals surface area contributed by atoms with Gasteiger partial charge in [-0.15, -0.1) is 11.3 Å². The van der Waals surface area contributed by atoms with Crippen LogP contribution in [0.15, 0.2) is 35.7 Å². The Morgan fingerprint density at radius 3 is 2.85 bits per heavy atom. The first-order valence-corrected chi connectivity index (χ1v) is 7.65. The highest BCUT2D eigenvalue weighted by Crippen LogP contribution is 2.20. The van der Waals surface area contributed by atoms with Crippen LogP contribution < -0.4 is 10.6 Å². The van der Waals surface area contributed by atoms with E-state index in [1.807, 2.05) is 49.6 Å². The van der Waals surface area contributed by atoms with Gasteiger partial charge in [-0.25, -0.2) is 0 Å². The molecule has 2 N–H and O–H groups in total. The normalized spacial score (nSPS) is 11.9. The van der Waals surface area contributed by atoms with Crippen molar-refractivity contribution in [2.75, 3.05) is 11.9 Å². The molecule has 2 aromatic rings. The minimum absolute atomic E-state index is 0.0275. The summed E-state index contributed by atoms with van der Waals surface area (Å²) in [6.07, 6.45) is 0. The highest BCUT2D eigenvalue weighted by Gasteiger charge is 2.10. The van der Waals surface area contributed by atoms with Crippen LogP contribution in [-0.4, -0.2) is 12.5 Å². The number of aryl methyl sites for hydroxylation is 1. The first-order valence-electron chi connectivity index (χ1n) is 6.39. The van der Waals surface area contributed by atoms with Crippen LogP contribution in [0.1, 0.15) is 23.4 Å². The van der Waals surface area contributed by atoms with Gasteiger partial charge in [-0.3, -0.25) is 4.79 Å². The Morgan fingerprint density at radius 1 is 1.40 bits per heavy atom. The molecule has 1 aromatic heterocycles. The van der Waals surface area contributed by atoms with Crippen molar-refractivity contribution in [2.24, 2.45) is 0 Å². The lowest BCUT2D eigenvalue weighted by molar-refractivity contribution is -0.120. The number of nitrogens with one attached hydrogen (secondary N) is 2. The molecule has 0 aliphatic heterocycles. The Bertz CT molecular complexity index is 584. The molecule has 0 aliphatic carbocycles. The van der Waals surface area contributed by atoms with Crippen molar-refractivity contribution in [3.8, 4) is 0 Å². The Balaban J connectivity index is 1.86. The first kappa shape index (κ1) is 14.9. The fourth-order valence-electron chi connectivity index (χ4n) is 1.90. The number of anilines is 1. The maximum Gasteiger partial charge on any atom is 0.239 e. The van der Waals surface area contributed by atoms with Crippen molar-refractivity contribution < 1.29 is 4.79 Å². The van der Waals surface area contributed by atoms with Crippen molar-refractivity contribution in [1.29, 1.82) is 0 Å². The second-order valence-corrected chi connectivity index (χ2v) is 6.03. The molecule has 5 heteroatoms. The summed E-state index contributed by atoms with van der Waals surface area (Å²) in [7, 11) is 0. The summed E-state index contributed by atoms with van der Waals surface area (Å²) in [5.41, 5.74) is 1.95. The number of halogens is 1. The second-order valence-electron chi connectivity index (χ2n) is 4.62. The van der Waals surface area contributed by atoms with Crippen LogP contribution in [0.25, 0.3) is 0 Å². The van der Waals surface area contributed by atoms with E-state index in [1.165, 1.54) is 0 Å². The molecule has 0 radical (unpaired) electrons. The van der Waals surface area contributed by atoms with Crippen molar-refractivity contribution >= 4 is 34.5 Å². The van der Waals surface area contributed by atoms with Gasteiger partial charge in [0.1, 0.15) is 0 Å². The van der Waals surface area contributed by atoms with E-state index in [0.29, 0.717) is 5.02 Å². The molecule has 1 unspecified atom stereocenters. The maximum atomic E-state index is 11.9. The van der Waals surface area contributed by atoms with E-state index >= 15 is 0 Å². The molecule has 0 fully saturated rings. The average Bonchev–Trinajstić information content (AvgIpc) is 2.91. The van der Waals surface area contributed by atoms with E-state index in [4.69, 9.17) is 11.6 Å². The summed E-state index contributed by atoms with van der Waals surface area (Å²) in [5, 5.41) is 8.79. The zero-order chi connectivity index (χ0) is 14.5. The lowest BCUT2D eigenvalue weighted by atomic mass is 10.2. The van der Waals surface area contributed by atoms with E-state index < -0.39 is 0 Å². The largest absolute Gasteiger partial charge is 0.376 e. The van der Waals surface area contributed by atoms with Crippen LogP contribution in [0.2, 0.25) is 5.02 Å². The van der Waals surface area contributed by atoms with Crippen LogP contribution in [-0.2, 0) is 4.79 Å². The summed E-state index contributed by atoms with van der Waals surface area (Å²) in [6.45, 7) is 4.19. The third-order valence-corrected chi connectivity index (χ3v) is 4.27. The molecule has 20 heavy (non-hydrogen) atoms. The number of benzene rings is 1. The molecule has 2 rings (SSSR count). The molecule has 0 saturated carbocycles. The third kappa shape index (κ3) is 3.99. The van der Waals surface area contributed by atoms with Crippen LogP contribution >= 0.6 is 22.9 Å². The molecule has 1 aromatic carbocycles. The summed E-state index contributed by atoms with van der Waals surface area (Å²) in [6, 6.07) is 9.60. The number of carbonyl (C=O) groups is 1. The molecule has 1 atom stereocenters. The molecule has 0 aliphatic rings. The third-order valence-electron chi connectivity index (χ3n) is 2.98. The maximum absolute atomic E-state index is 11.9. The smallest absolute Gasteiger partial charge is 0.239 e. The number of thiophene rings is 1. The highest BCUT2D eigenvalue weighted by atomic mass is 35.5. The van der Waals surface area contributed by atoms with Gasteiger partial charge in [0.25, 0.3) is 0 Å². The van der Waals surface area contributed by atoms with Crippen LogP contribution in [0, 0.1) is 6.92 Å². The zero-order valence-electron chi connectivity index (χ0n) is 11.4. The van der Waals surface area contributed by atoms with E-state index in [2.05, 4.69) is 10.6 Å². The zero-order valence-corrected chi connectivity index (χ0v) is 13.0. The Morgan fingerprint density at radius 2 is 2.20 bits per heavy atom. The highest BCUT2D eigenvalue weighted by molar-refractivity contribution is 7.10. The fourth-order valence-corrected chi connectivity index (χ4v) is 2.86. The molecular formula is C15H17ClN2OS. The van der Waals surface area contributed by atoms with Crippen molar-refractivity contribution in [1.82, 2.24) is 5.32 Å². The van der Waals surface area contributed by atoms with Gasteiger partial charge in [0.05, 0.1) is 12.6 Å². The van der Waals surface area contributed by atoms with Gasteiger partial charge in [-0.2, -0.15) is 0 Å². The molecule has 1 amide bonds. The Hall–Kier alpha value is -1.52. The summed E-state index contributed by atoms with van der Waals surface area (Å²) in [5.74, 6) is -0.0275. The molecule has 3 nitrogen and oxygen atoms in total. The summed E-state index contributed by atoms with van der Waals surface area (Å²) >= 11 is 7.54. The van der Waals surface area contributed by atoms with Crippen LogP contribution in [0.4, 0.5) is 5.69 Å². The number of hydrogen-bond donors (Lipinski definition) is 2. The molecule has 0 spiro atoms. The van der Waals surface area contributed by atoms with Crippen molar-refractivity contribution in [2.45, 2.75) is 19.9 Å². The number of rotatable bonds is 5. The van der Waals surface area contributed by atoms with Crippen LogP contribution in [0.5, 0.6) is 0 Å². The topological polar surface area (TPSA) is 41.1 Å². The fraction of sp³-hybridized carbons (Fsp3) is 0.267. The molecular weight excluding hydrogens is 292 g/mol. The molecule has 106 valence electrons. The van der Waals surface area contributed by atoms with E-state index in [0.717, 1.165) is 16.1 Å². The summed E-state index contributed by atoms with van der Waals surface area (Å²) < 4.78 is 0. The van der Waals surface area contributed by atoms with Crippen molar-refractivity contribution in [3.05, 3.63) is 51.2 Å². The minimum atomic E-state index is -0.0275. The summed E-state index contributed by atoms with van der Waals surface area (Å²) in [4.78, 5) is 13.1. The van der Waals surface area contributed by atoms with Gasteiger partial charge < -0.3 is 10.6 Å². The SMILES string of the molecule is Cc1cc(Cl)ccc1NCC(=O)NC(C)c1cccs1. The molecule has 0 bridgehead atoms. The van der Waals surface area contributed by atoms with E-state index in [1.54, 1.807) is 11.3 Å². The first-order chi connectivity index (χ1) is 9.56. The van der Waals surface area contributed by atoms with Gasteiger partial charge in [0.15, 0.2) is 0 Å². The van der Waals surface area contributed by atoms with Gasteiger partial charge in [0.2, 0.25) is 5.91 Å². The Labute approximate surface area is 128 Å². The van der Waals surface area contributed by atoms with Gasteiger partial charge >= 0.3 is 0 Å². The monoisotopic (exact) mass is 308 g/mol. The predicted molar refractivity (Wildman–Crippen MR) is 85.6 cm³/mol. The van der Waals surface area contributed by atoms with Crippen LogP contribution in [0.3, 0.4) is 0 Å².